The second-order valence-corrected chi connectivity index (χ2v) is 11.2. The van der Waals surface area contributed by atoms with Crippen LogP contribution in [0.3, 0.4) is 0 Å². The van der Waals surface area contributed by atoms with Gasteiger partial charge in [0.1, 0.15) is 0 Å². The lowest BCUT2D eigenvalue weighted by Gasteiger charge is -2.21. The highest BCUT2D eigenvalue weighted by atomic mass is 16.1. The summed E-state index contributed by atoms with van der Waals surface area (Å²) in [4.78, 5) is 12.6. The molecule has 0 fully saturated rings. The van der Waals surface area contributed by atoms with E-state index in [0.29, 0.717) is 5.78 Å². The first-order valence-electron chi connectivity index (χ1n) is 13.0. The van der Waals surface area contributed by atoms with Crippen LogP contribution < -0.4 is 0 Å². The van der Waals surface area contributed by atoms with Gasteiger partial charge < -0.3 is 0 Å². The Kier molecular flexibility index (Phi) is 12.9. The normalized spacial score (nSPS) is 18.4. The fourth-order valence-corrected chi connectivity index (χ4v) is 4.91. The minimum atomic E-state index is 0.315. The molecule has 0 aromatic carbocycles. The summed E-state index contributed by atoms with van der Waals surface area (Å²) >= 11 is 0. The van der Waals surface area contributed by atoms with Crippen molar-refractivity contribution in [3.8, 4) is 0 Å². The van der Waals surface area contributed by atoms with E-state index in [4.69, 9.17) is 0 Å². The molecule has 0 amide bonds. The summed E-state index contributed by atoms with van der Waals surface area (Å²) in [5.41, 5.74) is 4.67. The predicted molar refractivity (Wildman–Crippen MR) is 134 cm³/mol. The van der Waals surface area contributed by atoms with Crippen LogP contribution in [0.4, 0.5) is 0 Å². The van der Waals surface area contributed by atoms with E-state index in [1.165, 1.54) is 68.9 Å². The summed E-state index contributed by atoms with van der Waals surface area (Å²) in [6, 6.07) is 0. The minimum Gasteiger partial charge on any atom is -0.289 e. The SMILES string of the molecule is CC1=C(C)C(=O)C(CCC(C)CCCC(C)CCCC(C)CCCC(C)C)=C(C)C1. The molecule has 0 bridgehead atoms. The average Bonchev–Trinajstić information content (AvgIpc) is 2.65. The molecule has 174 valence electrons. The van der Waals surface area contributed by atoms with Gasteiger partial charge in [-0.05, 0) is 74.9 Å². The van der Waals surface area contributed by atoms with Crippen LogP contribution in [-0.4, -0.2) is 5.78 Å². The molecule has 30 heavy (non-hydrogen) atoms. The van der Waals surface area contributed by atoms with E-state index in [2.05, 4.69) is 48.5 Å². The van der Waals surface area contributed by atoms with Gasteiger partial charge in [0.2, 0.25) is 0 Å². The van der Waals surface area contributed by atoms with Crippen molar-refractivity contribution < 1.29 is 4.79 Å². The van der Waals surface area contributed by atoms with Crippen LogP contribution in [0.15, 0.2) is 22.3 Å². The summed E-state index contributed by atoms with van der Waals surface area (Å²) in [5, 5.41) is 0. The van der Waals surface area contributed by atoms with E-state index in [-0.39, 0.29) is 0 Å². The van der Waals surface area contributed by atoms with E-state index in [1.807, 2.05) is 6.92 Å². The smallest absolute Gasteiger partial charge is 0.184 e. The van der Waals surface area contributed by atoms with Crippen LogP contribution in [-0.2, 0) is 4.79 Å². The summed E-state index contributed by atoms with van der Waals surface area (Å²) in [6.45, 7) is 18.2. The lowest BCUT2D eigenvalue weighted by molar-refractivity contribution is -0.112. The molecule has 0 saturated heterocycles. The first kappa shape index (κ1) is 27.2. The zero-order valence-corrected chi connectivity index (χ0v) is 21.7. The van der Waals surface area contributed by atoms with Crippen LogP contribution in [0.25, 0.3) is 0 Å². The van der Waals surface area contributed by atoms with Gasteiger partial charge in [-0.25, -0.2) is 0 Å². The van der Waals surface area contributed by atoms with Gasteiger partial charge in [0.25, 0.3) is 0 Å². The molecule has 0 spiro atoms. The fraction of sp³-hybridized carbons (Fsp3) is 0.828. The Morgan fingerprint density at radius 2 is 1.07 bits per heavy atom. The van der Waals surface area contributed by atoms with E-state index >= 15 is 0 Å². The topological polar surface area (TPSA) is 17.1 Å². The monoisotopic (exact) mass is 416 g/mol. The standard InChI is InChI=1S/C29H52O/c1-21(2)12-9-13-22(3)14-10-15-23(4)16-11-17-24(5)18-19-28-26(7)20-25(6)27(8)29(28)30/h21-24H,9-20H2,1-8H3. The number of carbonyl (C=O) groups is 1. The van der Waals surface area contributed by atoms with E-state index < -0.39 is 0 Å². The maximum Gasteiger partial charge on any atom is 0.184 e. The van der Waals surface area contributed by atoms with Gasteiger partial charge in [0.15, 0.2) is 5.78 Å². The molecule has 0 aromatic heterocycles. The van der Waals surface area contributed by atoms with Gasteiger partial charge in [0, 0.05) is 0 Å². The molecule has 1 nitrogen and oxygen atoms in total. The fourth-order valence-electron chi connectivity index (χ4n) is 4.91. The van der Waals surface area contributed by atoms with Gasteiger partial charge in [0.05, 0.1) is 0 Å². The quantitative estimate of drug-likeness (QED) is 0.260. The maximum atomic E-state index is 12.6. The third-order valence-electron chi connectivity index (χ3n) is 7.45. The summed E-state index contributed by atoms with van der Waals surface area (Å²) < 4.78 is 0. The molecular formula is C29H52O. The average molecular weight is 417 g/mol. The molecule has 0 saturated carbocycles. The van der Waals surface area contributed by atoms with Crippen LogP contribution >= 0.6 is 0 Å². The molecule has 1 rings (SSSR count). The highest BCUT2D eigenvalue weighted by Crippen LogP contribution is 2.31. The van der Waals surface area contributed by atoms with E-state index in [0.717, 1.165) is 54.1 Å². The lowest BCUT2D eigenvalue weighted by atomic mass is 9.83. The van der Waals surface area contributed by atoms with Crippen molar-refractivity contribution in [2.45, 2.75) is 132 Å². The number of hydrogen-bond donors (Lipinski definition) is 0. The second kappa shape index (κ2) is 14.3. The molecule has 3 atom stereocenters. The third kappa shape index (κ3) is 10.5. The number of ketones is 1. The number of rotatable bonds is 15. The maximum absolute atomic E-state index is 12.6. The molecular weight excluding hydrogens is 364 g/mol. The summed E-state index contributed by atoms with van der Waals surface area (Å²) in [5.74, 6) is 3.65. The molecule has 3 unspecified atom stereocenters. The van der Waals surface area contributed by atoms with Gasteiger partial charge in [-0.1, -0.05) is 104 Å². The van der Waals surface area contributed by atoms with Crippen LogP contribution in [0.2, 0.25) is 0 Å². The Bertz CT molecular complexity index is 577. The highest BCUT2D eigenvalue weighted by Gasteiger charge is 2.22. The largest absolute Gasteiger partial charge is 0.289 e. The number of carbonyl (C=O) groups excluding carboxylic acids is 1. The molecule has 1 heteroatoms. The Hall–Kier alpha value is -0.850. The lowest BCUT2D eigenvalue weighted by Crippen LogP contribution is -2.14. The first-order chi connectivity index (χ1) is 14.1. The zero-order chi connectivity index (χ0) is 22.7. The Labute approximate surface area is 189 Å². The van der Waals surface area contributed by atoms with Crippen LogP contribution in [0.1, 0.15) is 132 Å². The molecule has 0 aliphatic heterocycles. The minimum absolute atomic E-state index is 0.315. The molecule has 0 aromatic rings. The van der Waals surface area contributed by atoms with Gasteiger partial charge >= 0.3 is 0 Å². The molecule has 1 aliphatic rings. The van der Waals surface area contributed by atoms with Crippen molar-refractivity contribution in [3.63, 3.8) is 0 Å². The Balaban J connectivity index is 2.15. The van der Waals surface area contributed by atoms with Crippen molar-refractivity contribution >= 4 is 5.78 Å². The molecule has 1 aliphatic carbocycles. The predicted octanol–water partition coefficient (Wildman–Crippen LogP) is 9.47. The van der Waals surface area contributed by atoms with Crippen molar-refractivity contribution in [2.75, 3.05) is 0 Å². The number of allylic oxidation sites excluding steroid dienone is 4. The van der Waals surface area contributed by atoms with Crippen LogP contribution in [0, 0.1) is 23.7 Å². The van der Waals surface area contributed by atoms with E-state index in [1.54, 1.807) is 0 Å². The van der Waals surface area contributed by atoms with Crippen molar-refractivity contribution in [1.82, 2.24) is 0 Å². The summed E-state index contributed by atoms with van der Waals surface area (Å²) in [7, 11) is 0. The second-order valence-electron chi connectivity index (χ2n) is 11.2. The molecule has 0 N–H and O–H groups in total. The van der Waals surface area contributed by atoms with E-state index in [9.17, 15) is 4.79 Å². The first-order valence-corrected chi connectivity index (χ1v) is 13.0. The Morgan fingerprint density at radius 1 is 0.633 bits per heavy atom. The van der Waals surface area contributed by atoms with Crippen molar-refractivity contribution in [3.05, 3.63) is 22.3 Å². The molecule has 0 heterocycles. The number of hydrogen-bond acceptors (Lipinski definition) is 1. The van der Waals surface area contributed by atoms with Gasteiger partial charge in [-0.15, -0.1) is 0 Å². The van der Waals surface area contributed by atoms with Gasteiger partial charge in [-0.2, -0.15) is 0 Å². The highest BCUT2D eigenvalue weighted by molar-refractivity contribution is 6.09. The zero-order valence-electron chi connectivity index (χ0n) is 21.7. The third-order valence-corrected chi connectivity index (χ3v) is 7.45. The summed E-state index contributed by atoms with van der Waals surface area (Å²) in [6.07, 6.45) is 15.6. The van der Waals surface area contributed by atoms with Crippen molar-refractivity contribution in [2.24, 2.45) is 23.7 Å². The molecule has 0 radical (unpaired) electrons. The number of Topliss-reactive ketones (excluding diaryl/α,β-unsaturated/α-hetero) is 1. The Morgan fingerprint density at radius 3 is 1.53 bits per heavy atom. The van der Waals surface area contributed by atoms with Crippen LogP contribution in [0.5, 0.6) is 0 Å². The van der Waals surface area contributed by atoms with Gasteiger partial charge in [-0.3, -0.25) is 4.79 Å². The van der Waals surface area contributed by atoms with Crippen molar-refractivity contribution in [1.29, 1.82) is 0 Å².